The van der Waals surface area contributed by atoms with Crippen molar-refractivity contribution in [2.24, 2.45) is 5.73 Å². The first kappa shape index (κ1) is 16.1. The number of aryl methyl sites for hydroxylation is 1. The average Bonchev–Trinajstić information content (AvgIpc) is 2.55. The van der Waals surface area contributed by atoms with Gasteiger partial charge in [-0.25, -0.2) is 0 Å². The molecule has 5 nitrogen and oxygen atoms in total. The minimum atomic E-state index is -0.568. The van der Waals surface area contributed by atoms with Gasteiger partial charge in [-0.05, 0) is 30.7 Å². The first-order chi connectivity index (χ1) is 10.6. The summed E-state index contributed by atoms with van der Waals surface area (Å²) in [5.41, 5.74) is 7.54. The van der Waals surface area contributed by atoms with Crippen LogP contribution < -0.4 is 20.8 Å². The topological polar surface area (TPSA) is 66.5 Å². The van der Waals surface area contributed by atoms with Crippen molar-refractivity contribution in [3.63, 3.8) is 0 Å². The normalized spacial score (nSPS) is 12.0. The van der Waals surface area contributed by atoms with E-state index >= 15 is 0 Å². The first-order valence-corrected chi connectivity index (χ1v) is 7.29. The van der Waals surface area contributed by atoms with Crippen LogP contribution in [-0.2, 0) is 6.54 Å². The van der Waals surface area contributed by atoms with Gasteiger partial charge in [-0.15, -0.1) is 0 Å². The van der Waals surface area contributed by atoms with E-state index in [1.165, 1.54) is 0 Å². The molecular weight excluding hydrogens is 280 g/mol. The summed E-state index contributed by atoms with van der Waals surface area (Å²) >= 11 is 0. The van der Waals surface area contributed by atoms with Crippen LogP contribution in [-0.4, -0.2) is 18.8 Å². The van der Waals surface area contributed by atoms with Gasteiger partial charge in [-0.2, -0.15) is 0 Å². The lowest BCUT2D eigenvalue weighted by molar-refractivity contribution is 0.397. The van der Waals surface area contributed by atoms with Gasteiger partial charge in [0.15, 0.2) is 0 Å². The number of nitrogens with zero attached hydrogens (tertiary/aromatic N) is 1. The monoisotopic (exact) mass is 302 g/mol. The maximum atomic E-state index is 12.5. The number of hydrogen-bond acceptors (Lipinski definition) is 4. The molecule has 1 aromatic carbocycles. The van der Waals surface area contributed by atoms with Gasteiger partial charge in [0.2, 0.25) is 0 Å². The molecule has 0 aliphatic heterocycles. The minimum absolute atomic E-state index is 0.0678. The second-order valence-electron chi connectivity index (χ2n) is 5.05. The summed E-state index contributed by atoms with van der Waals surface area (Å²) in [6, 6.07) is 8.44. The lowest BCUT2D eigenvalue weighted by atomic mass is 9.99. The van der Waals surface area contributed by atoms with Crippen LogP contribution >= 0.6 is 0 Å². The van der Waals surface area contributed by atoms with Gasteiger partial charge in [-0.3, -0.25) is 4.79 Å². The van der Waals surface area contributed by atoms with Crippen molar-refractivity contribution >= 4 is 0 Å². The highest BCUT2D eigenvalue weighted by Gasteiger charge is 2.18. The number of pyridine rings is 1. The lowest BCUT2D eigenvalue weighted by Crippen LogP contribution is -2.28. The van der Waals surface area contributed by atoms with Crippen molar-refractivity contribution in [3.8, 4) is 11.5 Å². The Morgan fingerprint density at radius 3 is 2.59 bits per heavy atom. The molecule has 1 heterocycles. The van der Waals surface area contributed by atoms with Crippen LogP contribution in [0.4, 0.5) is 0 Å². The third-order valence-corrected chi connectivity index (χ3v) is 3.62. The largest absolute Gasteiger partial charge is 0.497 e. The lowest BCUT2D eigenvalue weighted by Gasteiger charge is -2.17. The molecule has 2 rings (SSSR count). The molecule has 0 radical (unpaired) electrons. The summed E-state index contributed by atoms with van der Waals surface area (Å²) in [7, 11) is 3.17. The van der Waals surface area contributed by atoms with Crippen LogP contribution in [0.15, 0.2) is 41.3 Å². The predicted molar refractivity (Wildman–Crippen MR) is 86.6 cm³/mol. The van der Waals surface area contributed by atoms with E-state index in [1.807, 2.05) is 13.0 Å². The number of benzene rings is 1. The second kappa shape index (κ2) is 7.13. The van der Waals surface area contributed by atoms with Gasteiger partial charge in [0, 0.05) is 23.9 Å². The zero-order chi connectivity index (χ0) is 16.1. The van der Waals surface area contributed by atoms with E-state index in [1.54, 1.807) is 49.2 Å². The van der Waals surface area contributed by atoms with Crippen molar-refractivity contribution in [3.05, 3.63) is 58.0 Å². The Morgan fingerprint density at radius 2 is 1.95 bits per heavy atom. The quantitative estimate of drug-likeness (QED) is 0.889. The fraction of sp³-hybridized carbons (Fsp3) is 0.353. The number of aromatic nitrogens is 1. The molecule has 0 aliphatic rings. The number of hydrogen-bond donors (Lipinski definition) is 1. The molecule has 0 bridgehead atoms. The van der Waals surface area contributed by atoms with Gasteiger partial charge >= 0.3 is 0 Å². The standard InChI is InChI=1S/C17H22N2O3/c1-4-9-19-10-5-6-13(17(19)20)16(18)14-11-12(21-2)7-8-15(14)22-3/h5-8,10-11,16H,4,9,18H2,1-3H3. The van der Waals surface area contributed by atoms with Crippen LogP contribution in [0.2, 0.25) is 0 Å². The van der Waals surface area contributed by atoms with E-state index in [2.05, 4.69) is 0 Å². The van der Waals surface area contributed by atoms with Crippen LogP contribution in [0.5, 0.6) is 11.5 Å². The molecule has 0 saturated heterocycles. The molecule has 0 saturated carbocycles. The molecule has 0 fully saturated rings. The highest BCUT2D eigenvalue weighted by Crippen LogP contribution is 2.30. The third-order valence-electron chi connectivity index (χ3n) is 3.62. The fourth-order valence-corrected chi connectivity index (χ4v) is 2.46. The Labute approximate surface area is 130 Å². The Bertz CT molecular complexity index is 695. The molecule has 2 N–H and O–H groups in total. The number of methoxy groups -OCH3 is 2. The van der Waals surface area contributed by atoms with E-state index in [4.69, 9.17) is 15.2 Å². The smallest absolute Gasteiger partial charge is 0.255 e. The summed E-state index contributed by atoms with van der Waals surface area (Å²) in [5.74, 6) is 1.31. The molecule has 2 aromatic rings. The molecule has 1 unspecified atom stereocenters. The molecule has 0 spiro atoms. The summed E-state index contributed by atoms with van der Waals surface area (Å²) in [4.78, 5) is 12.5. The Balaban J connectivity index is 2.50. The van der Waals surface area contributed by atoms with Crippen LogP contribution in [0.25, 0.3) is 0 Å². The Kier molecular flexibility index (Phi) is 5.22. The van der Waals surface area contributed by atoms with Gasteiger partial charge in [0.25, 0.3) is 5.56 Å². The third kappa shape index (κ3) is 3.14. The van der Waals surface area contributed by atoms with Crippen molar-refractivity contribution in [2.75, 3.05) is 14.2 Å². The van der Waals surface area contributed by atoms with E-state index < -0.39 is 6.04 Å². The zero-order valence-electron chi connectivity index (χ0n) is 13.2. The van der Waals surface area contributed by atoms with Crippen molar-refractivity contribution in [2.45, 2.75) is 25.9 Å². The first-order valence-electron chi connectivity index (χ1n) is 7.29. The number of rotatable bonds is 6. The molecule has 1 aromatic heterocycles. The Hall–Kier alpha value is -2.27. The Morgan fingerprint density at radius 1 is 1.18 bits per heavy atom. The molecule has 5 heteroatoms. The zero-order valence-corrected chi connectivity index (χ0v) is 13.2. The summed E-state index contributed by atoms with van der Waals surface area (Å²) in [5, 5.41) is 0. The summed E-state index contributed by atoms with van der Waals surface area (Å²) in [6.45, 7) is 2.71. The van der Waals surface area contributed by atoms with Crippen LogP contribution in [0, 0.1) is 0 Å². The predicted octanol–water partition coefficient (Wildman–Crippen LogP) is 2.32. The van der Waals surface area contributed by atoms with E-state index in [0.29, 0.717) is 23.6 Å². The minimum Gasteiger partial charge on any atom is -0.497 e. The van der Waals surface area contributed by atoms with Crippen molar-refractivity contribution < 1.29 is 9.47 Å². The maximum Gasteiger partial charge on any atom is 0.255 e. The van der Waals surface area contributed by atoms with E-state index in [0.717, 1.165) is 12.0 Å². The second-order valence-corrected chi connectivity index (χ2v) is 5.05. The summed E-state index contributed by atoms with van der Waals surface area (Å²) < 4.78 is 12.3. The van der Waals surface area contributed by atoms with E-state index in [9.17, 15) is 4.79 Å². The molecule has 0 aliphatic carbocycles. The average molecular weight is 302 g/mol. The van der Waals surface area contributed by atoms with Crippen molar-refractivity contribution in [1.29, 1.82) is 0 Å². The van der Waals surface area contributed by atoms with Gasteiger partial charge in [-0.1, -0.05) is 13.0 Å². The SMILES string of the molecule is CCCn1cccc(C(N)c2cc(OC)ccc2OC)c1=O. The van der Waals surface area contributed by atoms with Crippen LogP contribution in [0.3, 0.4) is 0 Å². The maximum absolute atomic E-state index is 12.5. The highest BCUT2D eigenvalue weighted by atomic mass is 16.5. The molecule has 22 heavy (non-hydrogen) atoms. The number of nitrogens with two attached hydrogens (primary N) is 1. The molecule has 118 valence electrons. The van der Waals surface area contributed by atoms with Gasteiger partial charge in [0.1, 0.15) is 11.5 Å². The summed E-state index contributed by atoms with van der Waals surface area (Å²) in [6.07, 6.45) is 2.67. The van der Waals surface area contributed by atoms with E-state index in [-0.39, 0.29) is 5.56 Å². The van der Waals surface area contributed by atoms with Gasteiger partial charge in [0.05, 0.1) is 20.3 Å². The fourth-order valence-electron chi connectivity index (χ4n) is 2.46. The molecular formula is C17H22N2O3. The number of ether oxygens (including phenoxy) is 2. The highest BCUT2D eigenvalue weighted by molar-refractivity contribution is 5.45. The van der Waals surface area contributed by atoms with Crippen LogP contribution in [0.1, 0.15) is 30.5 Å². The molecule has 1 atom stereocenters. The van der Waals surface area contributed by atoms with Gasteiger partial charge < -0.3 is 19.8 Å². The van der Waals surface area contributed by atoms with Crippen molar-refractivity contribution in [1.82, 2.24) is 4.57 Å². The molecule has 0 amide bonds.